The quantitative estimate of drug-likeness (QED) is 0.590. The van der Waals surface area contributed by atoms with E-state index in [9.17, 15) is 9.90 Å². The fraction of sp³-hybridized carbons (Fsp3) is 0.857. The molecule has 5 rings (SSSR count). The smallest absolute Gasteiger partial charge is 0.164 e. The van der Waals surface area contributed by atoms with Crippen molar-refractivity contribution < 1.29 is 14.6 Å². The molecule has 4 fully saturated rings. The van der Waals surface area contributed by atoms with Gasteiger partial charge in [-0.2, -0.15) is 0 Å². The van der Waals surface area contributed by atoms with E-state index < -0.39 is 5.60 Å². The molecule has 5 aliphatic rings. The molecule has 1 saturated heterocycles. The molecule has 1 N–H and O–H groups in total. The lowest BCUT2D eigenvalue weighted by molar-refractivity contribution is -0.135. The van der Waals surface area contributed by atoms with Crippen molar-refractivity contribution in [3.63, 3.8) is 0 Å². The van der Waals surface area contributed by atoms with Crippen molar-refractivity contribution in [2.24, 2.45) is 28.6 Å². The Morgan fingerprint density at radius 3 is 2.79 bits per heavy atom. The topological polar surface area (TPSA) is 49.8 Å². The first-order chi connectivity index (χ1) is 11.3. The summed E-state index contributed by atoms with van der Waals surface area (Å²) >= 11 is 0. The molecule has 0 bridgehead atoms. The monoisotopic (exact) mass is 330 g/mol. The number of ether oxygens (including phenoxy) is 1. The number of aliphatic hydroxyl groups is 1. The number of ketones is 1. The van der Waals surface area contributed by atoms with Crippen LogP contribution in [-0.4, -0.2) is 28.7 Å². The minimum absolute atomic E-state index is 0.0422. The maximum Gasteiger partial charge on any atom is 0.164 e. The van der Waals surface area contributed by atoms with Gasteiger partial charge in [0.1, 0.15) is 0 Å². The molecule has 0 unspecified atom stereocenters. The number of hydrogen-bond acceptors (Lipinski definition) is 3. The minimum atomic E-state index is -0.448. The maximum atomic E-state index is 12.4. The van der Waals surface area contributed by atoms with Crippen LogP contribution in [0.1, 0.15) is 65.7 Å². The lowest BCUT2D eigenvalue weighted by Gasteiger charge is -2.58. The molecule has 0 amide bonds. The summed E-state index contributed by atoms with van der Waals surface area (Å²) < 4.78 is 6.00. The minimum Gasteiger partial charge on any atom is -0.393 e. The highest BCUT2D eigenvalue weighted by Gasteiger charge is 2.79. The van der Waals surface area contributed by atoms with E-state index in [4.69, 9.17) is 4.74 Å². The van der Waals surface area contributed by atoms with Crippen molar-refractivity contribution in [1.29, 1.82) is 0 Å². The van der Waals surface area contributed by atoms with Crippen molar-refractivity contribution in [2.75, 3.05) is 0 Å². The van der Waals surface area contributed by atoms with Crippen LogP contribution in [0.15, 0.2) is 11.6 Å². The average Bonchev–Trinajstić information content (AvgIpc) is 3.21. The Morgan fingerprint density at radius 1 is 1.25 bits per heavy atom. The van der Waals surface area contributed by atoms with Gasteiger partial charge in [-0.1, -0.05) is 25.5 Å². The van der Waals surface area contributed by atoms with Crippen molar-refractivity contribution in [3.8, 4) is 0 Å². The normalized spacial score (nSPS) is 58.0. The van der Waals surface area contributed by atoms with Gasteiger partial charge in [-0.3, -0.25) is 4.79 Å². The summed E-state index contributed by atoms with van der Waals surface area (Å²) in [5, 5.41) is 10.1. The van der Waals surface area contributed by atoms with Gasteiger partial charge < -0.3 is 9.84 Å². The van der Waals surface area contributed by atoms with Gasteiger partial charge in [-0.25, -0.2) is 0 Å². The molecule has 3 saturated carbocycles. The summed E-state index contributed by atoms with van der Waals surface area (Å²) in [5.41, 5.74) is 1.39. The fourth-order valence-corrected chi connectivity index (χ4v) is 7.71. The predicted octanol–water partition coefficient (Wildman–Crippen LogP) is 3.65. The zero-order valence-electron chi connectivity index (χ0n) is 15.2. The summed E-state index contributed by atoms with van der Waals surface area (Å²) in [6.07, 6.45) is 10.0. The number of allylic oxidation sites excluding steroid dienone is 1. The van der Waals surface area contributed by atoms with Crippen LogP contribution in [0.25, 0.3) is 0 Å². The van der Waals surface area contributed by atoms with Crippen molar-refractivity contribution in [1.82, 2.24) is 0 Å². The van der Waals surface area contributed by atoms with Crippen LogP contribution in [0, 0.1) is 28.6 Å². The Hall–Kier alpha value is -0.670. The number of aliphatic hydroxyl groups excluding tert-OH is 1. The van der Waals surface area contributed by atoms with Crippen LogP contribution < -0.4 is 0 Å². The molecule has 132 valence electrons. The highest BCUT2D eigenvalue weighted by atomic mass is 16.6. The molecule has 24 heavy (non-hydrogen) atoms. The second kappa shape index (κ2) is 4.54. The molecule has 0 radical (unpaired) electrons. The first-order valence-electron chi connectivity index (χ1n) is 9.89. The van der Waals surface area contributed by atoms with Crippen molar-refractivity contribution in [2.45, 2.75) is 83.5 Å². The van der Waals surface area contributed by atoms with E-state index in [-0.39, 0.29) is 28.8 Å². The van der Waals surface area contributed by atoms with Crippen LogP contribution in [-0.2, 0) is 9.53 Å². The van der Waals surface area contributed by atoms with Crippen LogP contribution in [0.4, 0.5) is 0 Å². The van der Waals surface area contributed by atoms with Gasteiger partial charge in [-0.05, 0) is 75.0 Å². The van der Waals surface area contributed by atoms with E-state index in [2.05, 4.69) is 19.9 Å². The summed E-state index contributed by atoms with van der Waals surface area (Å²) in [5.74, 6) is 2.31. The molecule has 3 nitrogen and oxygen atoms in total. The zero-order chi connectivity index (χ0) is 16.9. The molecule has 0 aromatic heterocycles. The molecule has 1 aliphatic heterocycles. The Morgan fingerprint density at radius 2 is 2.04 bits per heavy atom. The molecule has 0 aromatic carbocycles. The fourth-order valence-electron chi connectivity index (χ4n) is 7.71. The first kappa shape index (κ1) is 15.6. The van der Waals surface area contributed by atoms with E-state index in [0.29, 0.717) is 11.8 Å². The van der Waals surface area contributed by atoms with Crippen LogP contribution in [0.3, 0.4) is 0 Å². The molecule has 0 aromatic rings. The highest BCUT2D eigenvalue weighted by molar-refractivity contribution is 5.90. The SMILES string of the molecule is CC(=O)[C@@]12O[C@@H]1C[C@@H]1[C@@H]3CC=C4C[C@H](O)CC[C@]4(C)[C@@H]3CC[C@@]12C. The van der Waals surface area contributed by atoms with Crippen molar-refractivity contribution in [3.05, 3.63) is 11.6 Å². The summed E-state index contributed by atoms with van der Waals surface area (Å²) in [6, 6.07) is 0. The zero-order valence-corrected chi connectivity index (χ0v) is 15.2. The molecular weight excluding hydrogens is 300 g/mol. The van der Waals surface area contributed by atoms with Crippen molar-refractivity contribution >= 4 is 5.78 Å². The molecule has 1 heterocycles. The van der Waals surface area contributed by atoms with Gasteiger partial charge in [0.2, 0.25) is 0 Å². The Kier molecular flexibility index (Phi) is 2.94. The van der Waals surface area contributed by atoms with Gasteiger partial charge in [0.25, 0.3) is 0 Å². The average molecular weight is 330 g/mol. The third-order valence-corrected chi connectivity index (χ3v) is 9.03. The predicted molar refractivity (Wildman–Crippen MR) is 91.4 cm³/mol. The molecule has 8 atom stereocenters. The largest absolute Gasteiger partial charge is 0.393 e. The van der Waals surface area contributed by atoms with Gasteiger partial charge in [0.05, 0.1) is 12.2 Å². The third-order valence-electron chi connectivity index (χ3n) is 9.03. The number of Topliss-reactive ketones (excluding diaryl/α,β-unsaturated/α-hetero) is 1. The Labute approximate surface area is 144 Å². The third kappa shape index (κ3) is 1.60. The summed E-state index contributed by atoms with van der Waals surface area (Å²) in [7, 11) is 0. The van der Waals surface area contributed by atoms with E-state index in [1.807, 2.05) is 0 Å². The van der Waals surface area contributed by atoms with Gasteiger partial charge in [0.15, 0.2) is 11.4 Å². The number of carbonyl (C=O) groups excluding carboxylic acids is 1. The van der Waals surface area contributed by atoms with Crippen LogP contribution in [0.5, 0.6) is 0 Å². The second-order valence-electron chi connectivity index (χ2n) is 9.75. The molecular formula is C21H30O3. The maximum absolute atomic E-state index is 12.4. The molecule has 0 spiro atoms. The second-order valence-corrected chi connectivity index (χ2v) is 9.75. The number of epoxide rings is 1. The molecule has 3 heteroatoms. The van der Waals surface area contributed by atoms with E-state index in [1.54, 1.807) is 6.92 Å². The summed E-state index contributed by atoms with van der Waals surface area (Å²) in [4.78, 5) is 12.4. The lowest BCUT2D eigenvalue weighted by atomic mass is 9.47. The van der Waals surface area contributed by atoms with Gasteiger partial charge in [-0.15, -0.1) is 0 Å². The van der Waals surface area contributed by atoms with Gasteiger partial charge in [0, 0.05) is 5.41 Å². The molecule has 4 aliphatic carbocycles. The standard InChI is InChI=1S/C21H30O3/c1-12(22)21-18(24-21)11-17-15-5-4-13-10-14(23)6-8-19(13,2)16(15)7-9-20(17,21)3/h4,14-18,23H,5-11H2,1-3H3/t14-,15-,16-,17-,18-,19+,20+,21-/m1/s1. The number of hydrogen-bond donors (Lipinski definition) is 1. The van der Waals surface area contributed by atoms with E-state index >= 15 is 0 Å². The number of fused-ring (bicyclic) bond motifs is 7. The first-order valence-corrected chi connectivity index (χ1v) is 9.89. The number of carbonyl (C=O) groups is 1. The summed E-state index contributed by atoms with van der Waals surface area (Å²) in [6.45, 7) is 6.54. The van der Waals surface area contributed by atoms with E-state index in [0.717, 1.165) is 44.4 Å². The van der Waals surface area contributed by atoms with Gasteiger partial charge >= 0.3 is 0 Å². The number of rotatable bonds is 1. The Bertz CT molecular complexity index is 639. The van der Waals surface area contributed by atoms with Crippen LogP contribution in [0.2, 0.25) is 0 Å². The Balaban J connectivity index is 1.51. The van der Waals surface area contributed by atoms with E-state index in [1.165, 1.54) is 12.0 Å². The van der Waals surface area contributed by atoms with Crippen LogP contribution >= 0.6 is 0 Å². The lowest BCUT2D eigenvalue weighted by Crippen LogP contribution is -2.54. The highest BCUT2D eigenvalue weighted by Crippen LogP contribution is 2.73.